The van der Waals surface area contributed by atoms with Gasteiger partial charge >= 0.3 is 0 Å². The van der Waals surface area contributed by atoms with Crippen molar-refractivity contribution in [1.82, 2.24) is 36.1 Å². The third-order valence-electron chi connectivity index (χ3n) is 12.6. The SMILES string of the molecule is C=CCNC(=O)C(=O)[C@H](CCCC)NC(=O)[C@@H]1[C@@H]2[C@H](CN1C(=O)[C@@H](NC(=O)[C@@H](NC(=O)c1cnccn1)C1CCCCC1)C1(C)CCCCC1)C2(C)C. The third-order valence-corrected chi connectivity index (χ3v) is 12.6. The molecule has 53 heavy (non-hydrogen) atoms. The smallest absolute Gasteiger partial charge is 0.289 e. The summed E-state index contributed by atoms with van der Waals surface area (Å²) in [7, 11) is 0. The van der Waals surface area contributed by atoms with Crippen LogP contribution in [0.25, 0.3) is 0 Å². The largest absolute Gasteiger partial charge is 0.346 e. The topological polar surface area (TPSA) is 180 Å². The Bertz CT molecular complexity index is 1520. The van der Waals surface area contributed by atoms with Gasteiger partial charge in [0.05, 0.1) is 12.2 Å². The summed E-state index contributed by atoms with van der Waals surface area (Å²) in [5.74, 6) is -3.40. The van der Waals surface area contributed by atoms with E-state index < -0.39 is 59.0 Å². The van der Waals surface area contributed by atoms with Gasteiger partial charge in [-0.05, 0) is 60.7 Å². The summed E-state index contributed by atoms with van der Waals surface area (Å²) in [6, 6.07) is -3.72. The fraction of sp³-hybridized carbons (Fsp3) is 0.700. The zero-order chi connectivity index (χ0) is 38.3. The van der Waals surface area contributed by atoms with E-state index in [9.17, 15) is 24.0 Å². The highest BCUT2D eigenvalue weighted by Crippen LogP contribution is 2.65. The van der Waals surface area contributed by atoms with E-state index in [0.29, 0.717) is 19.4 Å². The number of rotatable bonds is 16. The summed E-state index contributed by atoms with van der Waals surface area (Å²) in [5.41, 5.74) is -0.675. The lowest BCUT2D eigenvalue weighted by atomic mass is 9.69. The Morgan fingerprint density at radius 1 is 0.962 bits per heavy atom. The maximum atomic E-state index is 15.0. The molecule has 1 aromatic rings. The van der Waals surface area contributed by atoms with E-state index in [2.05, 4.69) is 51.7 Å². The van der Waals surface area contributed by atoms with Gasteiger partial charge in [-0.1, -0.05) is 85.1 Å². The molecule has 2 heterocycles. The number of Topliss-reactive ketones (excluding diaryl/α,β-unsaturated/α-hetero) is 1. The van der Waals surface area contributed by atoms with E-state index in [0.717, 1.165) is 70.6 Å². The van der Waals surface area contributed by atoms with Crippen LogP contribution in [0, 0.1) is 28.6 Å². The van der Waals surface area contributed by atoms with Gasteiger partial charge in [0.2, 0.25) is 23.5 Å². The Balaban J connectivity index is 1.42. The molecule has 1 aromatic heterocycles. The van der Waals surface area contributed by atoms with E-state index in [-0.39, 0.29) is 41.3 Å². The standard InChI is InChI=1S/C40H59N7O6/c1-6-8-17-27(32(48)37(52)43-20-7-2)44-36(51)31-29-26(39(29,3)4)24-47(31)38(53)33(40(5)18-13-10-14-19-40)46-35(50)30(25-15-11-9-12-16-25)45-34(49)28-23-41-21-22-42-28/h7,21-23,25-27,29-31,33H,2,6,8-20,24H2,1,3-5H3,(H,43,52)(H,44,51)(H,45,49)(H,46,50)/t26-,27-,29-,30-,31-,33+/m0/s1. The fourth-order valence-electron chi connectivity index (χ4n) is 9.23. The maximum absolute atomic E-state index is 15.0. The van der Waals surface area contributed by atoms with Crippen LogP contribution in [0.1, 0.15) is 122 Å². The first kappa shape index (κ1) is 40.0. The van der Waals surface area contributed by atoms with E-state index in [1.807, 2.05) is 13.8 Å². The summed E-state index contributed by atoms with van der Waals surface area (Å²) in [4.78, 5) is 92.9. The first-order chi connectivity index (χ1) is 25.3. The molecule has 3 saturated carbocycles. The van der Waals surface area contributed by atoms with Crippen molar-refractivity contribution in [2.24, 2.45) is 28.6 Å². The van der Waals surface area contributed by atoms with Gasteiger partial charge in [0, 0.05) is 25.5 Å². The zero-order valence-corrected chi connectivity index (χ0v) is 32.0. The molecule has 6 atom stereocenters. The zero-order valence-electron chi connectivity index (χ0n) is 32.0. The van der Waals surface area contributed by atoms with Crippen molar-refractivity contribution in [3.8, 4) is 0 Å². The number of aromatic nitrogens is 2. The molecule has 1 aliphatic heterocycles. The molecule has 13 heteroatoms. The first-order valence-electron chi connectivity index (χ1n) is 19.7. The average Bonchev–Trinajstić information content (AvgIpc) is 3.46. The number of amides is 5. The highest BCUT2D eigenvalue weighted by Gasteiger charge is 2.70. The number of unbranched alkanes of at least 4 members (excludes halogenated alkanes) is 1. The quantitative estimate of drug-likeness (QED) is 0.147. The second-order valence-electron chi connectivity index (χ2n) is 16.6. The van der Waals surface area contributed by atoms with Crippen LogP contribution in [0.15, 0.2) is 31.2 Å². The summed E-state index contributed by atoms with van der Waals surface area (Å²) in [6.45, 7) is 12.2. The second kappa shape index (κ2) is 17.3. The van der Waals surface area contributed by atoms with Crippen LogP contribution in [-0.4, -0.2) is 87.4 Å². The van der Waals surface area contributed by atoms with Gasteiger partial charge in [0.15, 0.2) is 0 Å². The molecule has 1 saturated heterocycles. The number of ketones is 1. The van der Waals surface area contributed by atoms with Crippen molar-refractivity contribution in [1.29, 1.82) is 0 Å². The van der Waals surface area contributed by atoms with Crippen LogP contribution in [-0.2, 0) is 24.0 Å². The second-order valence-corrected chi connectivity index (χ2v) is 16.6. The van der Waals surface area contributed by atoms with Crippen molar-refractivity contribution in [2.75, 3.05) is 13.1 Å². The average molecular weight is 734 g/mol. The number of nitrogens with one attached hydrogen (secondary N) is 4. The maximum Gasteiger partial charge on any atom is 0.289 e. The normalized spacial score (nSPS) is 24.8. The molecular formula is C40H59N7O6. The predicted octanol–water partition coefficient (Wildman–Crippen LogP) is 3.64. The summed E-state index contributed by atoms with van der Waals surface area (Å²) in [6.07, 6.45) is 16.2. The molecule has 0 bridgehead atoms. The minimum absolute atomic E-state index is 0.0691. The predicted molar refractivity (Wildman–Crippen MR) is 199 cm³/mol. The molecule has 3 aliphatic carbocycles. The Hall–Kier alpha value is -4.16. The van der Waals surface area contributed by atoms with Crippen LogP contribution in [0.3, 0.4) is 0 Å². The molecule has 4 fully saturated rings. The van der Waals surface area contributed by atoms with E-state index >= 15 is 4.79 Å². The van der Waals surface area contributed by atoms with Gasteiger partial charge < -0.3 is 26.2 Å². The summed E-state index contributed by atoms with van der Waals surface area (Å²) in [5, 5.41) is 11.5. The van der Waals surface area contributed by atoms with Crippen molar-refractivity contribution < 1.29 is 28.8 Å². The van der Waals surface area contributed by atoms with Crippen LogP contribution in [0.4, 0.5) is 0 Å². The van der Waals surface area contributed by atoms with Crippen LogP contribution in [0.5, 0.6) is 0 Å². The minimum Gasteiger partial charge on any atom is -0.346 e. The van der Waals surface area contributed by atoms with Gasteiger partial charge in [-0.15, -0.1) is 6.58 Å². The Labute approximate surface area is 313 Å². The van der Waals surface area contributed by atoms with Gasteiger partial charge in [0.1, 0.15) is 23.8 Å². The molecule has 5 rings (SSSR count). The molecule has 4 aliphatic rings. The highest BCUT2D eigenvalue weighted by molar-refractivity contribution is 6.38. The summed E-state index contributed by atoms with van der Waals surface area (Å²) < 4.78 is 0. The number of carbonyl (C=O) groups is 6. The number of hydrogen-bond donors (Lipinski definition) is 4. The number of fused-ring (bicyclic) bond motifs is 1. The Kier molecular flexibility index (Phi) is 13.1. The highest BCUT2D eigenvalue weighted by atomic mass is 16.2. The van der Waals surface area contributed by atoms with Gasteiger partial charge in [0.25, 0.3) is 11.8 Å². The van der Waals surface area contributed by atoms with E-state index in [1.165, 1.54) is 24.7 Å². The number of nitrogens with zero attached hydrogens (tertiary/aromatic N) is 3. The van der Waals surface area contributed by atoms with Crippen molar-refractivity contribution in [3.63, 3.8) is 0 Å². The lowest BCUT2D eigenvalue weighted by molar-refractivity contribution is -0.148. The molecule has 0 spiro atoms. The van der Waals surface area contributed by atoms with Crippen molar-refractivity contribution in [2.45, 2.75) is 135 Å². The van der Waals surface area contributed by atoms with E-state index in [4.69, 9.17) is 0 Å². The molecule has 0 unspecified atom stereocenters. The van der Waals surface area contributed by atoms with Crippen molar-refractivity contribution >= 4 is 35.3 Å². The summed E-state index contributed by atoms with van der Waals surface area (Å²) >= 11 is 0. The molecule has 290 valence electrons. The molecule has 0 radical (unpaired) electrons. The van der Waals surface area contributed by atoms with Gasteiger partial charge in [-0.2, -0.15) is 0 Å². The monoisotopic (exact) mass is 733 g/mol. The lowest BCUT2D eigenvalue weighted by Gasteiger charge is -2.44. The molecule has 4 N–H and O–H groups in total. The number of piperidine rings is 1. The minimum atomic E-state index is -1.04. The van der Waals surface area contributed by atoms with Crippen LogP contribution in [0.2, 0.25) is 0 Å². The number of carbonyl (C=O) groups excluding carboxylic acids is 6. The fourth-order valence-corrected chi connectivity index (χ4v) is 9.23. The van der Waals surface area contributed by atoms with E-state index in [1.54, 1.807) is 4.90 Å². The molecule has 0 aromatic carbocycles. The third kappa shape index (κ3) is 8.97. The van der Waals surface area contributed by atoms with Gasteiger partial charge in [-0.3, -0.25) is 33.8 Å². The number of likely N-dealkylation sites (tertiary alicyclic amines) is 1. The Morgan fingerprint density at radius 2 is 1.66 bits per heavy atom. The van der Waals surface area contributed by atoms with Crippen molar-refractivity contribution in [3.05, 3.63) is 36.9 Å². The Morgan fingerprint density at radius 3 is 2.30 bits per heavy atom. The van der Waals surface area contributed by atoms with Crippen LogP contribution >= 0.6 is 0 Å². The molecule has 13 nitrogen and oxygen atoms in total. The lowest BCUT2D eigenvalue weighted by Crippen LogP contribution is -2.63. The number of hydrogen-bond acceptors (Lipinski definition) is 8. The van der Waals surface area contributed by atoms with Crippen LogP contribution < -0.4 is 21.3 Å². The molecular weight excluding hydrogens is 674 g/mol. The van der Waals surface area contributed by atoms with Gasteiger partial charge in [-0.25, -0.2) is 4.98 Å². The first-order valence-corrected chi connectivity index (χ1v) is 19.7. The molecule has 5 amide bonds.